The van der Waals surface area contributed by atoms with Crippen molar-refractivity contribution in [2.45, 2.75) is 0 Å². The van der Waals surface area contributed by atoms with Crippen LogP contribution in [-0.2, 0) is 0 Å². The van der Waals surface area contributed by atoms with Crippen LogP contribution < -0.4 is 15.9 Å². The number of hydrogen-bond donors (Lipinski definition) is 3. The van der Waals surface area contributed by atoms with E-state index in [-0.39, 0.29) is 10.9 Å². The van der Waals surface area contributed by atoms with Crippen LogP contribution in [0.2, 0.25) is 0 Å². The molecule has 0 aliphatic rings. The van der Waals surface area contributed by atoms with E-state index in [2.05, 4.69) is 10.5 Å². The number of rotatable bonds is 4. The molecule has 0 atom stereocenters. The van der Waals surface area contributed by atoms with Crippen molar-refractivity contribution in [1.29, 1.82) is 0 Å². The zero-order valence-electron chi connectivity index (χ0n) is 11.4. The van der Waals surface area contributed by atoms with Gasteiger partial charge in [0.25, 0.3) is 0 Å². The molecule has 0 aliphatic carbocycles. The summed E-state index contributed by atoms with van der Waals surface area (Å²) in [6, 6.07) is 14.4. The Balaban J connectivity index is 2.50. The number of hydrazone groups is 1. The van der Waals surface area contributed by atoms with Gasteiger partial charge < -0.3 is 15.6 Å². The number of phenolic OH excluding ortho intramolecular Hbond substituents is 1. The standard InChI is InChI=1S/C15H15N3O2S/c1-20-11-7-8-12(13(19)9-11)14(17-18-15(16)21)10-5-3-2-4-6-10/h2-9,19H,1H3,(H3,16,18,21). The van der Waals surface area contributed by atoms with Gasteiger partial charge in [-0.15, -0.1) is 0 Å². The summed E-state index contributed by atoms with van der Waals surface area (Å²) in [4.78, 5) is 0. The van der Waals surface area contributed by atoms with Crippen LogP contribution in [0.5, 0.6) is 11.5 Å². The van der Waals surface area contributed by atoms with Gasteiger partial charge in [-0.3, -0.25) is 5.43 Å². The Labute approximate surface area is 128 Å². The van der Waals surface area contributed by atoms with Crippen LogP contribution in [0.15, 0.2) is 53.6 Å². The van der Waals surface area contributed by atoms with E-state index in [0.29, 0.717) is 17.0 Å². The third-order valence-corrected chi connectivity index (χ3v) is 2.88. The molecular formula is C15H15N3O2S. The van der Waals surface area contributed by atoms with E-state index in [1.165, 1.54) is 13.2 Å². The summed E-state index contributed by atoms with van der Waals surface area (Å²) in [5.41, 5.74) is 9.86. The Morgan fingerprint density at radius 3 is 2.52 bits per heavy atom. The average molecular weight is 301 g/mol. The molecule has 6 heteroatoms. The lowest BCUT2D eigenvalue weighted by Gasteiger charge is -2.10. The largest absolute Gasteiger partial charge is 0.507 e. The fourth-order valence-electron chi connectivity index (χ4n) is 1.83. The second kappa shape index (κ2) is 6.71. The summed E-state index contributed by atoms with van der Waals surface area (Å²) in [5.74, 6) is 0.618. The average Bonchev–Trinajstić information content (AvgIpc) is 2.49. The van der Waals surface area contributed by atoms with E-state index >= 15 is 0 Å². The highest BCUT2D eigenvalue weighted by molar-refractivity contribution is 7.80. The first-order valence-electron chi connectivity index (χ1n) is 6.17. The van der Waals surface area contributed by atoms with E-state index in [9.17, 15) is 5.11 Å². The van der Waals surface area contributed by atoms with Crippen molar-refractivity contribution in [3.05, 3.63) is 59.7 Å². The minimum atomic E-state index is 0.0523. The highest BCUT2D eigenvalue weighted by atomic mass is 32.1. The Morgan fingerprint density at radius 1 is 1.24 bits per heavy atom. The number of nitrogens with two attached hydrogens (primary N) is 1. The van der Waals surface area contributed by atoms with E-state index in [1.807, 2.05) is 30.3 Å². The predicted octanol–water partition coefficient (Wildman–Crippen LogP) is 1.99. The van der Waals surface area contributed by atoms with Crippen molar-refractivity contribution in [3.8, 4) is 11.5 Å². The van der Waals surface area contributed by atoms with Gasteiger partial charge in [-0.25, -0.2) is 0 Å². The molecule has 0 spiro atoms. The molecule has 4 N–H and O–H groups in total. The molecule has 0 heterocycles. The summed E-state index contributed by atoms with van der Waals surface area (Å²) >= 11 is 4.76. The second-order valence-corrected chi connectivity index (χ2v) is 4.63. The van der Waals surface area contributed by atoms with Crippen molar-refractivity contribution in [1.82, 2.24) is 5.43 Å². The summed E-state index contributed by atoms with van der Waals surface area (Å²) < 4.78 is 5.08. The van der Waals surface area contributed by atoms with Crippen LogP contribution in [-0.4, -0.2) is 23.0 Å². The third-order valence-electron chi connectivity index (χ3n) is 2.79. The molecule has 108 valence electrons. The Hall–Kier alpha value is -2.60. The minimum absolute atomic E-state index is 0.0523. The molecule has 0 unspecified atom stereocenters. The van der Waals surface area contributed by atoms with Gasteiger partial charge in [0.15, 0.2) is 5.11 Å². The van der Waals surface area contributed by atoms with Crippen molar-refractivity contribution < 1.29 is 9.84 Å². The van der Waals surface area contributed by atoms with Gasteiger partial charge in [0.05, 0.1) is 7.11 Å². The number of aromatic hydroxyl groups is 1. The first-order chi connectivity index (χ1) is 10.1. The van der Waals surface area contributed by atoms with E-state index in [4.69, 9.17) is 22.7 Å². The molecule has 5 nitrogen and oxygen atoms in total. The second-order valence-electron chi connectivity index (χ2n) is 4.19. The first kappa shape index (κ1) is 14.8. The zero-order chi connectivity index (χ0) is 15.2. The monoisotopic (exact) mass is 301 g/mol. The summed E-state index contributed by atoms with van der Waals surface area (Å²) in [7, 11) is 1.54. The van der Waals surface area contributed by atoms with Crippen molar-refractivity contribution in [2.75, 3.05) is 7.11 Å². The third kappa shape index (κ3) is 3.70. The Kier molecular flexibility index (Phi) is 4.73. The van der Waals surface area contributed by atoms with Crippen molar-refractivity contribution in [3.63, 3.8) is 0 Å². The molecule has 0 amide bonds. The fraction of sp³-hybridized carbons (Fsp3) is 0.0667. The quantitative estimate of drug-likeness (QED) is 0.457. The van der Waals surface area contributed by atoms with Gasteiger partial charge in [0, 0.05) is 17.2 Å². The molecule has 2 rings (SSSR count). The van der Waals surface area contributed by atoms with Crippen LogP contribution in [0.1, 0.15) is 11.1 Å². The van der Waals surface area contributed by atoms with Crippen LogP contribution in [0.3, 0.4) is 0 Å². The summed E-state index contributed by atoms with van der Waals surface area (Å²) in [6.07, 6.45) is 0. The van der Waals surface area contributed by atoms with Crippen LogP contribution in [0.4, 0.5) is 0 Å². The number of phenols is 1. The van der Waals surface area contributed by atoms with Gasteiger partial charge in [-0.05, 0) is 24.4 Å². The molecular weight excluding hydrogens is 286 g/mol. The molecule has 0 bridgehead atoms. The smallest absolute Gasteiger partial charge is 0.184 e. The van der Waals surface area contributed by atoms with Gasteiger partial charge in [0.1, 0.15) is 17.2 Å². The normalized spacial score (nSPS) is 11.0. The van der Waals surface area contributed by atoms with E-state index in [1.54, 1.807) is 12.1 Å². The van der Waals surface area contributed by atoms with E-state index in [0.717, 1.165) is 5.56 Å². The molecule has 2 aromatic carbocycles. The lowest BCUT2D eigenvalue weighted by atomic mass is 10.0. The lowest BCUT2D eigenvalue weighted by Crippen LogP contribution is -2.26. The topological polar surface area (TPSA) is 79.9 Å². The maximum Gasteiger partial charge on any atom is 0.184 e. The SMILES string of the molecule is COc1ccc(C(=NNC(N)=S)c2ccccc2)c(O)c1. The minimum Gasteiger partial charge on any atom is -0.507 e. The molecule has 0 saturated heterocycles. The van der Waals surface area contributed by atoms with Crippen LogP contribution >= 0.6 is 12.2 Å². The van der Waals surface area contributed by atoms with Crippen molar-refractivity contribution >= 4 is 23.0 Å². The molecule has 0 aliphatic heterocycles. The molecule has 0 radical (unpaired) electrons. The van der Waals surface area contributed by atoms with Crippen molar-refractivity contribution in [2.24, 2.45) is 10.8 Å². The number of nitrogens with zero attached hydrogens (tertiary/aromatic N) is 1. The van der Waals surface area contributed by atoms with Crippen LogP contribution in [0.25, 0.3) is 0 Å². The molecule has 0 aromatic heterocycles. The molecule has 21 heavy (non-hydrogen) atoms. The Bertz CT molecular complexity index is 672. The summed E-state index contributed by atoms with van der Waals surface area (Å²) in [6.45, 7) is 0. The van der Waals surface area contributed by atoms with Gasteiger partial charge in [0.2, 0.25) is 0 Å². The Morgan fingerprint density at radius 2 is 1.95 bits per heavy atom. The number of nitrogens with one attached hydrogen (secondary N) is 1. The molecule has 2 aromatic rings. The number of methoxy groups -OCH3 is 1. The van der Waals surface area contributed by atoms with Crippen LogP contribution in [0, 0.1) is 0 Å². The molecule has 0 fully saturated rings. The first-order valence-corrected chi connectivity index (χ1v) is 6.58. The number of thiocarbonyl (C=S) groups is 1. The predicted molar refractivity (Wildman–Crippen MR) is 86.7 cm³/mol. The number of ether oxygens (including phenoxy) is 1. The highest BCUT2D eigenvalue weighted by Gasteiger charge is 2.12. The number of benzene rings is 2. The van der Waals surface area contributed by atoms with Gasteiger partial charge in [-0.1, -0.05) is 30.3 Å². The lowest BCUT2D eigenvalue weighted by molar-refractivity contribution is 0.407. The zero-order valence-corrected chi connectivity index (χ0v) is 12.2. The van der Waals surface area contributed by atoms with Gasteiger partial charge in [-0.2, -0.15) is 5.10 Å². The molecule has 0 saturated carbocycles. The fourth-order valence-corrected chi connectivity index (χ4v) is 1.87. The summed E-state index contributed by atoms with van der Waals surface area (Å²) in [5, 5.41) is 14.4. The highest BCUT2D eigenvalue weighted by Crippen LogP contribution is 2.26. The maximum absolute atomic E-state index is 10.2. The maximum atomic E-state index is 10.2. The number of hydrogen-bond acceptors (Lipinski definition) is 4. The van der Waals surface area contributed by atoms with Gasteiger partial charge >= 0.3 is 0 Å². The van der Waals surface area contributed by atoms with E-state index < -0.39 is 0 Å².